The highest BCUT2D eigenvalue weighted by Crippen LogP contribution is 2.41. The Hall–Kier alpha value is -3.74. The lowest BCUT2D eigenvalue weighted by molar-refractivity contribution is -0.432. The minimum absolute atomic E-state index is 0.00339. The molecule has 44 heavy (non-hydrogen) atoms. The SMILES string of the molecule is CCCC1=CC(F)C(c2cc(F)c(CCc3cc(F)c(-c4cc(F)c(C(F)(F)OC(F)(F)F)c(F)c4)c(F)c3)c(F)c2)C=C1. The van der Waals surface area contributed by atoms with Gasteiger partial charge in [0.05, 0.1) is 5.56 Å². The highest BCUT2D eigenvalue weighted by Gasteiger charge is 2.49. The molecule has 3 aromatic rings. The van der Waals surface area contributed by atoms with Crippen LogP contribution in [-0.2, 0) is 23.7 Å². The Morgan fingerprint density at radius 3 is 1.77 bits per heavy atom. The molecule has 13 heteroatoms. The molecule has 0 bridgehead atoms. The number of hydrogen-bond donors (Lipinski definition) is 0. The Kier molecular flexibility index (Phi) is 9.57. The van der Waals surface area contributed by atoms with Gasteiger partial charge in [-0.3, -0.25) is 0 Å². The van der Waals surface area contributed by atoms with E-state index < -0.39 is 88.1 Å². The number of alkyl halides is 6. The highest BCUT2D eigenvalue weighted by molar-refractivity contribution is 5.66. The first-order chi connectivity index (χ1) is 20.5. The van der Waals surface area contributed by atoms with E-state index in [1.54, 1.807) is 6.08 Å². The Balaban J connectivity index is 1.54. The predicted octanol–water partition coefficient (Wildman–Crippen LogP) is 10.3. The van der Waals surface area contributed by atoms with Crippen LogP contribution in [0.5, 0.6) is 0 Å². The second-order valence-electron chi connectivity index (χ2n) is 10.1. The van der Waals surface area contributed by atoms with E-state index in [0.717, 1.165) is 24.1 Å². The van der Waals surface area contributed by atoms with Crippen molar-refractivity contribution in [3.8, 4) is 11.1 Å². The zero-order chi connectivity index (χ0) is 32.6. The van der Waals surface area contributed by atoms with Gasteiger partial charge in [0.25, 0.3) is 0 Å². The monoisotopic (exact) mass is 638 g/mol. The largest absolute Gasteiger partial charge is 0.527 e. The Labute approximate surface area is 243 Å². The molecule has 2 atom stereocenters. The number of allylic oxidation sites excluding steroid dienone is 4. The molecule has 0 spiro atoms. The van der Waals surface area contributed by atoms with Crippen molar-refractivity contribution < 1.29 is 57.4 Å². The smallest absolute Gasteiger partial charge is 0.242 e. The summed E-state index contributed by atoms with van der Waals surface area (Å²) < 4.78 is 169. The quantitative estimate of drug-likeness (QED) is 0.212. The van der Waals surface area contributed by atoms with Crippen molar-refractivity contribution in [1.82, 2.24) is 0 Å². The lowest BCUT2D eigenvalue weighted by Gasteiger charge is -2.21. The molecule has 4 rings (SSSR count). The Morgan fingerprint density at radius 1 is 0.705 bits per heavy atom. The van der Waals surface area contributed by atoms with E-state index in [9.17, 15) is 52.7 Å². The van der Waals surface area contributed by atoms with E-state index >= 15 is 0 Å². The topological polar surface area (TPSA) is 9.23 Å². The van der Waals surface area contributed by atoms with E-state index in [0.29, 0.717) is 18.6 Å². The fraction of sp³-hybridized carbons (Fsp3) is 0.290. The Bertz CT molecular complexity index is 1540. The molecule has 1 nitrogen and oxygen atoms in total. The van der Waals surface area contributed by atoms with Gasteiger partial charge in [-0.25, -0.2) is 35.5 Å². The van der Waals surface area contributed by atoms with Gasteiger partial charge in [-0.2, -0.15) is 8.78 Å². The second-order valence-corrected chi connectivity index (χ2v) is 10.1. The summed E-state index contributed by atoms with van der Waals surface area (Å²) in [5.41, 5.74) is -4.26. The molecule has 1 aliphatic carbocycles. The van der Waals surface area contributed by atoms with Crippen LogP contribution in [0.2, 0.25) is 0 Å². The molecule has 0 aromatic heterocycles. The molecule has 0 fully saturated rings. The lowest BCUT2D eigenvalue weighted by Crippen LogP contribution is -2.29. The van der Waals surface area contributed by atoms with E-state index in [1.807, 2.05) is 6.92 Å². The maximum Gasteiger partial charge on any atom is 0.527 e. The average molecular weight is 638 g/mol. The van der Waals surface area contributed by atoms with E-state index in [4.69, 9.17) is 0 Å². The van der Waals surface area contributed by atoms with Gasteiger partial charge in [-0.05, 0) is 84.0 Å². The van der Waals surface area contributed by atoms with Crippen LogP contribution in [0.15, 0.2) is 60.2 Å². The summed E-state index contributed by atoms with van der Waals surface area (Å²) in [5, 5.41) is 0. The zero-order valence-electron chi connectivity index (χ0n) is 22.6. The third-order valence-electron chi connectivity index (χ3n) is 6.95. The van der Waals surface area contributed by atoms with Crippen molar-refractivity contribution in [2.45, 2.75) is 57.2 Å². The molecule has 3 aromatic carbocycles. The van der Waals surface area contributed by atoms with Crippen LogP contribution < -0.4 is 0 Å². The van der Waals surface area contributed by atoms with Crippen molar-refractivity contribution in [3.63, 3.8) is 0 Å². The van der Waals surface area contributed by atoms with Gasteiger partial charge in [-0.1, -0.05) is 25.5 Å². The molecule has 0 aliphatic heterocycles. The molecular formula is C31H22F12O. The van der Waals surface area contributed by atoms with Crippen LogP contribution in [0.1, 0.15) is 47.9 Å². The molecule has 0 saturated heterocycles. The lowest BCUT2D eigenvalue weighted by atomic mass is 9.86. The van der Waals surface area contributed by atoms with Crippen LogP contribution in [0.3, 0.4) is 0 Å². The Morgan fingerprint density at radius 2 is 1.27 bits per heavy atom. The molecule has 0 heterocycles. The van der Waals surface area contributed by atoms with Crippen LogP contribution in [0, 0.1) is 34.9 Å². The summed E-state index contributed by atoms with van der Waals surface area (Å²) in [6.07, 6.45) is -7.67. The first kappa shape index (κ1) is 33.2. The molecule has 236 valence electrons. The summed E-state index contributed by atoms with van der Waals surface area (Å²) in [6, 6.07) is 3.30. The average Bonchev–Trinajstić information content (AvgIpc) is 2.86. The van der Waals surface area contributed by atoms with Gasteiger partial charge < -0.3 is 0 Å². The number of aryl methyl sites for hydroxylation is 1. The third-order valence-corrected chi connectivity index (χ3v) is 6.95. The number of ether oxygens (including phenoxy) is 1. The summed E-state index contributed by atoms with van der Waals surface area (Å²) >= 11 is 0. The van der Waals surface area contributed by atoms with Crippen LogP contribution in [-0.4, -0.2) is 12.5 Å². The third kappa shape index (κ3) is 7.31. The standard InChI is InChI=1S/C31H22F12O/c1-2-3-15-4-6-19(21(32)8-15)17-11-22(33)20(23(34)12-17)7-5-16-9-24(35)28(25(36)10-16)18-13-26(37)29(27(38)14-18)30(39,40)44-31(41,42)43/h4,6,8-14,19,21H,2-3,5,7H2,1H3. The molecule has 0 amide bonds. The maximum absolute atomic E-state index is 14.9. The van der Waals surface area contributed by atoms with Gasteiger partial charge >= 0.3 is 12.5 Å². The summed E-state index contributed by atoms with van der Waals surface area (Å²) in [5.74, 6) is -10.4. The molecule has 0 saturated carbocycles. The molecule has 0 N–H and O–H groups in total. The molecular weight excluding hydrogens is 616 g/mol. The van der Waals surface area contributed by atoms with Crippen molar-refractivity contribution in [1.29, 1.82) is 0 Å². The fourth-order valence-electron chi connectivity index (χ4n) is 5.01. The molecule has 1 aliphatic rings. The first-order valence-electron chi connectivity index (χ1n) is 13.1. The second kappa shape index (κ2) is 12.7. The summed E-state index contributed by atoms with van der Waals surface area (Å²) in [6.45, 7) is 1.92. The van der Waals surface area contributed by atoms with E-state index in [1.165, 1.54) is 12.2 Å². The van der Waals surface area contributed by atoms with Crippen LogP contribution >= 0.6 is 0 Å². The van der Waals surface area contributed by atoms with Crippen molar-refractivity contribution >= 4 is 0 Å². The van der Waals surface area contributed by atoms with Crippen molar-refractivity contribution in [3.05, 3.63) is 117 Å². The number of hydrogen-bond acceptors (Lipinski definition) is 1. The maximum atomic E-state index is 14.9. The van der Waals surface area contributed by atoms with Crippen LogP contribution in [0.25, 0.3) is 11.1 Å². The van der Waals surface area contributed by atoms with Crippen molar-refractivity contribution in [2.24, 2.45) is 0 Å². The minimum atomic E-state index is -5.97. The zero-order valence-corrected chi connectivity index (χ0v) is 22.6. The molecule has 0 radical (unpaired) electrons. The summed E-state index contributed by atoms with van der Waals surface area (Å²) in [7, 11) is 0. The number of halogens is 12. The number of benzene rings is 3. The van der Waals surface area contributed by atoms with E-state index in [2.05, 4.69) is 4.74 Å². The summed E-state index contributed by atoms with van der Waals surface area (Å²) in [4.78, 5) is 0. The van der Waals surface area contributed by atoms with Gasteiger partial charge in [0.2, 0.25) is 0 Å². The van der Waals surface area contributed by atoms with E-state index in [-0.39, 0.29) is 29.7 Å². The fourth-order valence-corrected chi connectivity index (χ4v) is 5.01. The van der Waals surface area contributed by atoms with Gasteiger partial charge in [0, 0.05) is 11.5 Å². The van der Waals surface area contributed by atoms with Gasteiger partial charge in [-0.15, -0.1) is 13.2 Å². The highest BCUT2D eigenvalue weighted by atomic mass is 19.4. The molecule has 2 unspecified atom stereocenters. The van der Waals surface area contributed by atoms with Crippen molar-refractivity contribution in [2.75, 3.05) is 0 Å². The first-order valence-corrected chi connectivity index (χ1v) is 13.1. The predicted molar refractivity (Wildman–Crippen MR) is 136 cm³/mol. The van der Waals surface area contributed by atoms with Gasteiger partial charge in [0.1, 0.15) is 46.6 Å². The minimum Gasteiger partial charge on any atom is -0.242 e. The number of rotatable bonds is 9. The van der Waals surface area contributed by atoms with Crippen LogP contribution in [0.4, 0.5) is 52.7 Å². The van der Waals surface area contributed by atoms with Gasteiger partial charge in [0.15, 0.2) is 0 Å². The normalized spacial score (nSPS) is 17.2.